The minimum absolute atomic E-state index is 0.0149. The first-order valence-electron chi connectivity index (χ1n) is 24.4. The van der Waals surface area contributed by atoms with E-state index >= 15 is 8.42 Å². The molecule has 2 aliphatic heterocycles. The minimum atomic E-state index is -4.49. The Morgan fingerprint density at radius 2 is 1.15 bits per heavy atom. The molecular formula is C55H65N7O9S2. The first-order valence-corrected chi connectivity index (χ1v) is 26.7. The van der Waals surface area contributed by atoms with Crippen molar-refractivity contribution in [2.75, 3.05) is 47.5 Å². The molecule has 2 aliphatic rings. The Kier molecular flexibility index (Phi) is 16.0. The molecule has 2 fully saturated rings. The molecule has 1 aromatic heterocycles. The number of benzene rings is 5. The minimum Gasteiger partial charge on any atom is -0.497 e. The normalized spacial score (nSPS) is 14.7. The number of rotatable bonds is 16. The molecule has 16 nitrogen and oxygen atoms in total. The van der Waals surface area contributed by atoms with Gasteiger partial charge in [-0.15, -0.1) is 22.0 Å². The number of piperidine rings is 1. The van der Waals surface area contributed by atoms with Crippen LogP contribution >= 0.6 is 11.8 Å². The van der Waals surface area contributed by atoms with E-state index < -0.39 is 27.3 Å². The molecule has 0 N–H and O–H groups in total. The summed E-state index contributed by atoms with van der Waals surface area (Å²) in [4.78, 5) is 31.4. The number of carbonyl (C=O) groups is 2. The Morgan fingerprint density at radius 1 is 0.658 bits per heavy atom. The largest absolute Gasteiger partial charge is 0.497 e. The van der Waals surface area contributed by atoms with Gasteiger partial charge in [0.25, 0.3) is 0 Å². The van der Waals surface area contributed by atoms with Crippen molar-refractivity contribution in [1.82, 2.24) is 34.3 Å². The number of hydrogen-bond acceptors (Lipinski definition) is 13. The zero-order chi connectivity index (χ0) is 52.1. The molecule has 0 aliphatic carbocycles. The van der Waals surface area contributed by atoms with Crippen molar-refractivity contribution >= 4 is 34.0 Å². The van der Waals surface area contributed by atoms with Crippen LogP contribution in [0.4, 0.5) is 9.59 Å². The van der Waals surface area contributed by atoms with E-state index in [1.165, 1.54) is 20.9 Å². The van der Waals surface area contributed by atoms with E-state index in [-0.39, 0.29) is 47.6 Å². The van der Waals surface area contributed by atoms with E-state index in [0.29, 0.717) is 59.4 Å². The molecule has 0 radical (unpaired) electrons. The van der Waals surface area contributed by atoms with Crippen LogP contribution in [0.25, 0.3) is 22.5 Å². The number of amides is 2. The number of methoxy groups -OCH3 is 3. The zero-order valence-corrected chi connectivity index (χ0v) is 44.7. The molecule has 3 heterocycles. The Hall–Kier alpha value is -6.63. The van der Waals surface area contributed by atoms with Gasteiger partial charge in [-0.3, -0.25) is 0 Å². The van der Waals surface area contributed by atoms with Crippen molar-refractivity contribution in [3.63, 3.8) is 0 Å². The average Bonchev–Trinajstić information content (AvgIpc) is 3.82. The molecule has 0 atom stereocenters. The molecule has 0 spiro atoms. The monoisotopic (exact) mass is 1030 g/mol. The first kappa shape index (κ1) is 52.7. The molecule has 0 unspecified atom stereocenters. The lowest BCUT2D eigenvalue weighted by Crippen LogP contribution is -2.53. The van der Waals surface area contributed by atoms with Crippen LogP contribution in [-0.2, 0) is 39.1 Å². The van der Waals surface area contributed by atoms with Crippen LogP contribution in [-0.4, -0.2) is 119 Å². The SMILES string of the molecule is COc1ccc(CN(Cc2ccc(OC)cc2)S(=O)(=O)c2c(SC3CN(C(=O)OC(C)(C)C)C3)ccc(-c3ccc(C4CCN(C(=O)OC(C)(C)C)CC4)cc3)c2-c2nnn(Cc3ccc(OC)cc3)n2)cc1. The molecule has 18 heteroatoms. The van der Waals surface area contributed by atoms with Gasteiger partial charge in [0.15, 0.2) is 0 Å². The number of likely N-dealkylation sites (tertiary alicyclic amines) is 2. The van der Waals surface area contributed by atoms with Crippen molar-refractivity contribution < 1.29 is 41.7 Å². The Labute approximate surface area is 433 Å². The van der Waals surface area contributed by atoms with Gasteiger partial charge in [0, 0.05) is 49.4 Å². The van der Waals surface area contributed by atoms with E-state index in [9.17, 15) is 9.59 Å². The Morgan fingerprint density at radius 3 is 1.64 bits per heavy atom. The van der Waals surface area contributed by atoms with Gasteiger partial charge in [-0.05, 0) is 141 Å². The van der Waals surface area contributed by atoms with Gasteiger partial charge < -0.3 is 33.5 Å². The number of hydrogen-bond donors (Lipinski definition) is 0. The van der Waals surface area contributed by atoms with E-state index in [2.05, 4.69) is 22.4 Å². The van der Waals surface area contributed by atoms with Gasteiger partial charge in [-0.1, -0.05) is 66.7 Å². The zero-order valence-electron chi connectivity index (χ0n) is 43.0. The van der Waals surface area contributed by atoms with Crippen LogP contribution in [0.1, 0.15) is 82.6 Å². The summed E-state index contributed by atoms with van der Waals surface area (Å²) in [5, 5.41) is 13.9. The summed E-state index contributed by atoms with van der Waals surface area (Å²) in [7, 11) is 0.296. The molecule has 73 heavy (non-hydrogen) atoms. The van der Waals surface area contributed by atoms with Crippen LogP contribution in [0.2, 0.25) is 0 Å². The fraction of sp³-hybridized carbons (Fsp3) is 0.400. The van der Waals surface area contributed by atoms with Crippen LogP contribution in [0.5, 0.6) is 17.2 Å². The number of sulfonamides is 1. The van der Waals surface area contributed by atoms with Crippen molar-refractivity contribution in [3.8, 4) is 39.8 Å². The van der Waals surface area contributed by atoms with E-state index in [4.69, 9.17) is 28.8 Å². The van der Waals surface area contributed by atoms with E-state index in [1.807, 2.05) is 139 Å². The van der Waals surface area contributed by atoms with Crippen LogP contribution in [0, 0.1) is 0 Å². The first-order chi connectivity index (χ1) is 34.8. The Balaban J connectivity index is 1.24. The summed E-state index contributed by atoms with van der Waals surface area (Å²) in [6, 6.07) is 34.2. The molecule has 0 saturated carbocycles. The fourth-order valence-electron chi connectivity index (χ4n) is 8.73. The van der Waals surface area contributed by atoms with Crippen molar-refractivity contribution in [1.29, 1.82) is 0 Å². The third-order valence-corrected chi connectivity index (χ3v) is 15.8. The molecule has 6 aromatic rings. The number of thioether (sulfide) groups is 1. The third-order valence-electron chi connectivity index (χ3n) is 12.5. The number of nitrogens with zero attached hydrogens (tertiary/aromatic N) is 7. The predicted octanol–water partition coefficient (Wildman–Crippen LogP) is 10.3. The van der Waals surface area contributed by atoms with Crippen molar-refractivity contribution in [2.24, 2.45) is 0 Å². The van der Waals surface area contributed by atoms with Gasteiger partial charge in [-0.25, -0.2) is 18.0 Å². The average molecular weight is 1030 g/mol. The second-order valence-electron chi connectivity index (χ2n) is 20.3. The van der Waals surface area contributed by atoms with Gasteiger partial charge in [0.2, 0.25) is 15.8 Å². The fourth-order valence-corrected chi connectivity index (χ4v) is 12.1. The summed E-state index contributed by atoms with van der Waals surface area (Å²) in [5.74, 6) is 2.32. The lowest BCUT2D eigenvalue weighted by Gasteiger charge is -2.39. The number of aromatic nitrogens is 4. The second kappa shape index (κ2) is 22.2. The lowest BCUT2D eigenvalue weighted by molar-refractivity contribution is 0.0142. The lowest BCUT2D eigenvalue weighted by atomic mass is 9.88. The Bertz CT molecular complexity index is 2910. The summed E-state index contributed by atoms with van der Waals surface area (Å²) >= 11 is 1.39. The topological polar surface area (TPSA) is 168 Å². The van der Waals surface area contributed by atoms with Gasteiger partial charge in [-0.2, -0.15) is 9.10 Å². The van der Waals surface area contributed by atoms with Crippen LogP contribution in [0.15, 0.2) is 119 Å². The third kappa shape index (κ3) is 13.1. The molecule has 5 aromatic carbocycles. The van der Waals surface area contributed by atoms with Gasteiger partial charge in [0.1, 0.15) is 33.3 Å². The number of carbonyl (C=O) groups excluding carboxylic acids is 2. The second-order valence-corrected chi connectivity index (χ2v) is 23.5. The maximum absolute atomic E-state index is 16.2. The van der Waals surface area contributed by atoms with Crippen molar-refractivity contribution in [3.05, 3.63) is 131 Å². The summed E-state index contributed by atoms with van der Waals surface area (Å²) < 4.78 is 61.5. The van der Waals surface area contributed by atoms with Crippen LogP contribution in [0.3, 0.4) is 0 Å². The molecule has 2 saturated heterocycles. The van der Waals surface area contributed by atoms with E-state index in [0.717, 1.165) is 40.7 Å². The molecular weight excluding hydrogens is 967 g/mol. The molecule has 8 rings (SSSR count). The van der Waals surface area contributed by atoms with Gasteiger partial charge >= 0.3 is 12.2 Å². The number of ether oxygens (including phenoxy) is 5. The maximum Gasteiger partial charge on any atom is 0.410 e. The van der Waals surface area contributed by atoms with Crippen molar-refractivity contribution in [2.45, 2.75) is 106 Å². The maximum atomic E-state index is 16.2. The number of tetrazole rings is 1. The van der Waals surface area contributed by atoms with Crippen LogP contribution < -0.4 is 14.2 Å². The van der Waals surface area contributed by atoms with E-state index in [1.54, 1.807) is 31.1 Å². The molecule has 386 valence electrons. The molecule has 0 bridgehead atoms. The highest BCUT2D eigenvalue weighted by Crippen LogP contribution is 2.45. The summed E-state index contributed by atoms with van der Waals surface area (Å²) in [6.45, 7) is 13.2. The highest BCUT2D eigenvalue weighted by molar-refractivity contribution is 8.00. The predicted molar refractivity (Wildman–Crippen MR) is 280 cm³/mol. The summed E-state index contributed by atoms with van der Waals surface area (Å²) in [6.07, 6.45) is 0.807. The highest BCUT2D eigenvalue weighted by Gasteiger charge is 2.39. The highest BCUT2D eigenvalue weighted by atomic mass is 32.2. The smallest absolute Gasteiger partial charge is 0.410 e. The van der Waals surface area contributed by atoms with Gasteiger partial charge in [0.05, 0.1) is 33.4 Å². The molecule has 2 amide bonds. The standard InChI is InChI=1S/C55H65N7O9S2/c1-54(2,3)70-52(63)59-30-28-41(29-31-59)40-16-18-42(19-17-40)47-26-27-48(72-46-35-60(36-46)53(64)71-55(4,5)6)50(49(47)51-56-58-62(57-51)34-39-14-24-45(69-9)25-15-39)73(65,66)61(32-37-10-20-43(67-7)21-11-37)33-38-12-22-44(68-8)23-13-38/h10-27,41,46H,28-36H2,1-9H3. The summed E-state index contributed by atoms with van der Waals surface area (Å²) in [5.41, 5.74) is 3.88. The quantitative estimate of drug-likeness (QED) is 0.0899.